The Morgan fingerprint density at radius 3 is 1.89 bits per heavy atom. The average Bonchev–Trinajstić information content (AvgIpc) is 3.73. The molecule has 2 heterocycles. The van der Waals surface area contributed by atoms with Gasteiger partial charge in [-0.15, -0.1) is 0 Å². The van der Waals surface area contributed by atoms with Gasteiger partial charge in [0.2, 0.25) is 0 Å². The summed E-state index contributed by atoms with van der Waals surface area (Å²) in [6.45, 7) is 17.2. The Morgan fingerprint density at radius 2 is 1.16 bits per heavy atom. The van der Waals surface area contributed by atoms with Gasteiger partial charge in [0.25, 0.3) is 0 Å². The van der Waals surface area contributed by atoms with Crippen LogP contribution in [0.25, 0.3) is 21.9 Å². The average molecular weight is 790 g/mol. The van der Waals surface area contributed by atoms with Gasteiger partial charge in [0.15, 0.2) is 0 Å². The first-order valence-electron chi connectivity index (χ1n) is 22.0. The highest BCUT2D eigenvalue weighted by atomic mass is 16.5. The van der Waals surface area contributed by atoms with Crippen molar-refractivity contribution in [2.24, 2.45) is 10.8 Å². The van der Waals surface area contributed by atoms with Crippen LogP contribution in [0.15, 0.2) is 199 Å². The highest BCUT2D eigenvalue weighted by molar-refractivity contribution is 5.98. The van der Waals surface area contributed by atoms with Crippen LogP contribution >= 0.6 is 0 Å². The molecule has 0 fully saturated rings. The minimum Gasteiger partial charge on any atom is -0.460 e. The largest absolute Gasteiger partial charge is 0.460 e. The maximum atomic E-state index is 7.06. The number of rotatable bonds is 3. The van der Waals surface area contributed by atoms with Gasteiger partial charge in [-0.2, -0.15) is 0 Å². The van der Waals surface area contributed by atoms with Crippen LogP contribution in [0, 0.1) is 10.8 Å². The Balaban J connectivity index is 1.20. The number of anilines is 2. The summed E-state index contributed by atoms with van der Waals surface area (Å²) in [7, 11) is 0. The summed E-state index contributed by atoms with van der Waals surface area (Å²) in [6, 6.07) is 61.2. The van der Waals surface area contributed by atoms with Gasteiger partial charge in [-0.3, -0.25) is 0 Å². The molecule has 3 aliphatic carbocycles. The van der Waals surface area contributed by atoms with Crippen molar-refractivity contribution >= 4 is 22.1 Å². The smallest absolute Gasteiger partial charge is 0.131 e. The van der Waals surface area contributed by atoms with E-state index in [4.69, 9.17) is 4.74 Å². The third kappa shape index (κ3) is 4.33. The normalized spacial score (nSPS) is 26.1. The lowest BCUT2D eigenvalue weighted by molar-refractivity contribution is 0.174. The molecule has 61 heavy (non-hydrogen) atoms. The van der Waals surface area contributed by atoms with Gasteiger partial charge < -0.3 is 9.64 Å². The fourth-order valence-corrected chi connectivity index (χ4v) is 12.9. The SMILES string of the molecule is CC12C=C3Oc4ccccc4C3(C)C3=C1C(C)(C=CC3(C)C(C)(C)C)N(c1ccc3c(c1)-c1ccccc1C3(c1ccccc1)c1ccccc1)c1ccc3ccccc3c12. The monoisotopic (exact) mass is 789 g/mol. The Hall–Kier alpha value is -6.38. The lowest BCUT2D eigenvalue weighted by Crippen LogP contribution is -2.61. The number of hydrogen-bond acceptors (Lipinski definition) is 2. The zero-order valence-electron chi connectivity index (χ0n) is 36.2. The van der Waals surface area contributed by atoms with Crippen molar-refractivity contribution in [3.8, 4) is 16.9 Å². The van der Waals surface area contributed by atoms with Crippen molar-refractivity contribution in [1.29, 1.82) is 0 Å². The quantitative estimate of drug-likeness (QED) is 0.165. The van der Waals surface area contributed by atoms with E-state index in [9.17, 15) is 0 Å². The van der Waals surface area contributed by atoms with Crippen LogP contribution in [0.2, 0.25) is 0 Å². The molecule has 0 aromatic heterocycles. The first kappa shape index (κ1) is 36.5. The predicted octanol–water partition coefficient (Wildman–Crippen LogP) is 14.5. The van der Waals surface area contributed by atoms with E-state index in [-0.39, 0.29) is 10.8 Å². The number of hydrogen-bond donors (Lipinski definition) is 0. The van der Waals surface area contributed by atoms with Gasteiger partial charge in [0.1, 0.15) is 11.5 Å². The van der Waals surface area contributed by atoms with Gasteiger partial charge in [-0.1, -0.05) is 179 Å². The van der Waals surface area contributed by atoms with Crippen molar-refractivity contribution < 1.29 is 4.74 Å². The number of allylic oxidation sites excluding steroid dienone is 3. The van der Waals surface area contributed by atoms with Crippen LogP contribution in [0.4, 0.5) is 11.4 Å². The van der Waals surface area contributed by atoms with E-state index in [0.29, 0.717) is 0 Å². The lowest BCUT2D eigenvalue weighted by atomic mass is 9.45. The summed E-state index contributed by atoms with van der Waals surface area (Å²) in [4.78, 5) is 2.70. The molecule has 0 amide bonds. The lowest BCUT2D eigenvalue weighted by Gasteiger charge is -2.63. The van der Waals surface area contributed by atoms with E-state index in [1.165, 1.54) is 77.8 Å². The molecular weight excluding hydrogens is 739 g/mol. The molecule has 0 saturated carbocycles. The minimum absolute atomic E-state index is 0.101. The summed E-state index contributed by atoms with van der Waals surface area (Å²) in [5, 5.41) is 2.53. The van der Waals surface area contributed by atoms with Crippen LogP contribution in [0.1, 0.15) is 81.8 Å². The molecule has 0 saturated heterocycles. The molecule has 0 bridgehead atoms. The van der Waals surface area contributed by atoms with Crippen molar-refractivity contribution in [2.75, 3.05) is 4.90 Å². The summed E-state index contributed by atoms with van der Waals surface area (Å²) in [6.07, 6.45) is 7.65. The Kier molecular flexibility index (Phi) is 7.12. The zero-order valence-corrected chi connectivity index (χ0v) is 36.2. The Morgan fingerprint density at radius 1 is 0.541 bits per heavy atom. The molecule has 5 aliphatic rings. The number of benzene rings is 7. The number of para-hydroxylation sites is 1. The zero-order chi connectivity index (χ0) is 41.7. The van der Waals surface area contributed by atoms with E-state index in [1.54, 1.807) is 0 Å². The Bertz CT molecular complexity index is 3070. The molecule has 7 aromatic rings. The first-order valence-corrected chi connectivity index (χ1v) is 22.0. The van der Waals surface area contributed by atoms with Gasteiger partial charge in [-0.05, 0) is 117 Å². The third-order valence-corrected chi connectivity index (χ3v) is 16.0. The van der Waals surface area contributed by atoms with E-state index in [0.717, 1.165) is 11.5 Å². The van der Waals surface area contributed by atoms with Gasteiger partial charge in [0, 0.05) is 27.8 Å². The van der Waals surface area contributed by atoms with Crippen LogP contribution in [-0.2, 0) is 16.2 Å². The maximum Gasteiger partial charge on any atom is 0.131 e. The van der Waals surface area contributed by atoms with Gasteiger partial charge >= 0.3 is 0 Å². The standard InChI is InChI=1S/C59H51NO/c1-54(2,3)56(5)34-35-57(6)52-53(56)58(7)47-28-18-19-29-49(47)61-50(58)37-55(52,4)51-42-25-15-14-20-38(42)30-33-48(51)60(57)41-31-32-46-44(36-41)43-26-16-17-27-45(43)59(46,39-21-10-8-11-22-39)40-23-12-9-13-24-40/h8-37H,1-7H3. The van der Waals surface area contributed by atoms with Gasteiger partial charge in [-0.25, -0.2) is 0 Å². The third-order valence-electron chi connectivity index (χ3n) is 16.0. The first-order chi connectivity index (χ1) is 29.4. The van der Waals surface area contributed by atoms with Crippen LogP contribution in [-0.4, -0.2) is 5.54 Å². The summed E-state index contributed by atoms with van der Waals surface area (Å²) in [5.41, 5.74) is 13.4. The van der Waals surface area contributed by atoms with Crippen molar-refractivity contribution in [1.82, 2.24) is 0 Å². The molecule has 0 N–H and O–H groups in total. The fraction of sp³-hybridized carbons (Fsp3) is 0.220. The Labute approximate surface area is 360 Å². The molecule has 0 spiro atoms. The van der Waals surface area contributed by atoms with Crippen LogP contribution in [0.3, 0.4) is 0 Å². The fourth-order valence-electron chi connectivity index (χ4n) is 12.9. The molecule has 4 unspecified atom stereocenters. The molecule has 2 nitrogen and oxygen atoms in total. The number of nitrogens with zero attached hydrogens (tertiary/aromatic N) is 1. The second-order valence-electron chi connectivity index (χ2n) is 19.9. The van der Waals surface area contributed by atoms with Gasteiger partial charge in [0.05, 0.1) is 16.4 Å². The second-order valence-corrected chi connectivity index (χ2v) is 19.9. The van der Waals surface area contributed by atoms with E-state index < -0.39 is 21.8 Å². The summed E-state index contributed by atoms with van der Waals surface area (Å²) in [5.74, 6) is 2.01. The van der Waals surface area contributed by atoms with Crippen molar-refractivity contribution in [2.45, 2.75) is 70.3 Å². The molecular formula is C59H51NO. The van der Waals surface area contributed by atoms with Crippen LogP contribution < -0.4 is 9.64 Å². The van der Waals surface area contributed by atoms with E-state index >= 15 is 0 Å². The highest BCUT2D eigenvalue weighted by Crippen LogP contribution is 2.71. The molecule has 0 radical (unpaired) electrons. The molecule has 12 rings (SSSR count). The molecule has 2 heteroatoms. The molecule has 4 atom stereocenters. The minimum atomic E-state index is -0.533. The van der Waals surface area contributed by atoms with Crippen LogP contribution in [0.5, 0.6) is 5.75 Å². The van der Waals surface area contributed by atoms with E-state index in [1.807, 2.05) is 0 Å². The second kappa shape index (κ2) is 11.9. The van der Waals surface area contributed by atoms with Crippen molar-refractivity contribution in [3.05, 3.63) is 232 Å². The molecule has 7 aromatic carbocycles. The topological polar surface area (TPSA) is 12.5 Å². The molecule has 2 aliphatic heterocycles. The summed E-state index contributed by atoms with van der Waals surface area (Å²) >= 11 is 0. The predicted molar refractivity (Wildman–Crippen MR) is 252 cm³/mol. The maximum absolute atomic E-state index is 7.06. The molecule has 298 valence electrons. The van der Waals surface area contributed by atoms with Crippen molar-refractivity contribution in [3.63, 3.8) is 0 Å². The number of ether oxygens (including phenoxy) is 1. The van der Waals surface area contributed by atoms with E-state index in [2.05, 4.69) is 235 Å². The highest BCUT2D eigenvalue weighted by Gasteiger charge is 2.65. The number of fused-ring (bicyclic) bond motifs is 11. The summed E-state index contributed by atoms with van der Waals surface area (Å²) < 4.78 is 7.06.